The van der Waals surface area contributed by atoms with Gasteiger partial charge in [-0.05, 0) is 59.9 Å². The quantitative estimate of drug-likeness (QED) is 0.569. The summed E-state index contributed by atoms with van der Waals surface area (Å²) in [5.74, 6) is 0. The van der Waals surface area contributed by atoms with Gasteiger partial charge in [-0.25, -0.2) is 0 Å². The van der Waals surface area contributed by atoms with E-state index in [0.717, 1.165) is 4.47 Å². The van der Waals surface area contributed by atoms with Gasteiger partial charge in [0.15, 0.2) is 0 Å². The third kappa shape index (κ3) is 2.88. The molecule has 2 N–H and O–H groups in total. The molecule has 1 aromatic rings. The minimum Gasteiger partial charge on any atom is -0.321 e. The lowest BCUT2D eigenvalue weighted by molar-refractivity contribution is 0.387. The third-order valence-electron chi connectivity index (χ3n) is 1.30. The maximum Gasteiger partial charge on any atom is 0.356 e. The Balaban J connectivity index is 3.38. The van der Waals surface area contributed by atoms with Crippen LogP contribution in [0.1, 0.15) is 0 Å². The Morgan fingerprint density at radius 3 is 1.77 bits per heavy atom. The summed E-state index contributed by atoms with van der Waals surface area (Å²) >= 11 is 9.57. The highest BCUT2D eigenvalue weighted by Gasteiger charge is 2.19. The van der Waals surface area contributed by atoms with Crippen LogP contribution in [-0.2, 0) is 4.57 Å². The van der Waals surface area contributed by atoms with Crippen molar-refractivity contribution in [3.8, 4) is 0 Å². The van der Waals surface area contributed by atoms with Crippen molar-refractivity contribution in [2.75, 3.05) is 0 Å². The summed E-state index contributed by atoms with van der Waals surface area (Å²) in [4.78, 5) is 17.8. The molecule has 0 aliphatic rings. The molecule has 7 heteroatoms. The predicted molar refractivity (Wildman–Crippen MR) is 61.2 cm³/mol. The Labute approximate surface area is 100 Å². The molecule has 0 amide bonds. The number of benzene rings is 1. The van der Waals surface area contributed by atoms with Crippen molar-refractivity contribution in [2.24, 2.45) is 0 Å². The second-order valence-electron chi connectivity index (χ2n) is 2.27. The molecule has 0 spiro atoms. The molecule has 0 atom stereocenters. The zero-order valence-electron chi connectivity index (χ0n) is 6.04. The molecule has 72 valence electrons. The van der Waals surface area contributed by atoms with E-state index in [2.05, 4.69) is 47.8 Å². The van der Waals surface area contributed by atoms with Crippen molar-refractivity contribution in [1.82, 2.24) is 0 Å². The van der Waals surface area contributed by atoms with Gasteiger partial charge in [-0.15, -0.1) is 0 Å². The standard InChI is InChI=1S/C6H4Br3O3P/c7-4-1-3(13(10,11)12)2-5(8)6(4)9/h1-2H,(H2,10,11,12). The molecule has 0 radical (unpaired) electrons. The van der Waals surface area contributed by atoms with Gasteiger partial charge < -0.3 is 9.79 Å². The van der Waals surface area contributed by atoms with E-state index >= 15 is 0 Å². The zero-order chi connectivity index (χ0) is 10.2. The number of hydrogen-bond donors (Lipinski definition) is 2. The lowest BCUT2D eigenvalue weighted by Crippen LogP contribution is -2.03. The van der Waals surface area contributed by atoms with Gasteiger partial charge in [-0.2, -0.15) is 0 Å². The minimum atomic E-state index is -4.17. The predicted octanol–water partition coefficient (Wildman–Crippen LogP) is 2.78. The summed E-state index contributed by atoms with van der Waals surface area (Å²) in [6.45, 7) is 0. The van der Waals surface area contributed by atoms with Crippen LogP contribution in [0.2, 0.25) is 0 Å². The molecule has 0 aliphatic heterocycles. The summed E-state index contributed by atoms with van der Waals surface area (Å²) in [6, 6.07) is 2.77. The largest absolute Gasteiger partial charge is 0.356 e. The summed E-state index contributed by atoms with van der Waals surface area (Å²) in [5, 5.41) is -0.0190. The molecule has 0 aromatic heterocycles. The molecule has 0 aliphatic carbocycles. The summed E-state index contributed by atoms with van der Waals surface area (Å²) in [6.07, 6.45) is 0. The second kappa shape index (κ2) is 4.13. The first-order valence-corrected chi connectivity index (χ1v) is 7.02. The van der Waals surface area contributed by atoms with Gasteiger partial charge in [-0.3, -0.25) is 4.57 Å². The highest BCUT2D eigenvalue weighted by molar-refractivity contribution is 9.14. The fraction of sp³-hybridized carbons (Fsp3) is 0. The van der Waals surface area contributed by atoms with E-state index < -0.39 is 7.60 Å². The molecule has 1 aromatic carbocycles. The lowest BCUT2D eigenvalue weighted by Gasteiger charge is -2.06. The molecule has 0 heterocycles. The zero-order valence-corrected chi connectivity index (χ0v) is 11.7. The van der Waals surface area contributed by atoms with Crippen LogP contribution < -0.4 is 5.30 Å². The van der Waals surface area contributed by atoms with E-state index in [1.807, 2.05) is 0 Å². The van der Waals surface area contributed by atoms with Gasteiger partial charge in [0, 0.05) is 13.4 Å². The van der Waals surface area contributed by atoms with Crippen molar-refractivity contribution in [3.63, 3.8) is 0 Å². The van der Waals surface area contributed by atoms with E-state index in [1.165, 1.54) is 12.1 Å². The van der Waals surface area contributed by atoms with Crippen LogP contribution in [0.25, 0.3) is 0 Å². The van der Waals surface area contributed by atoms with E-state index in [9.17, 15) is 4.57 Å². The number of rotatable bonds is 1. The van der Waals surface area contributed by atoms with Crippen LogP contribution in [0.5, 0.6) is 0 Å². The molecule has 1 rings (SSSR count). The maximum atomic E-state index is 10.9. The van der Waals surface area contributed by atoms with Crippen LogP contribution in [-0.4, -0.2) is 9.79 Å². The Kier molecular flexibility index (Phi) is 3.77. The summed E-state index contributed by atoms with van der Waals surface area (Å²) in [5.41, 5.74) is 0. The van der Waals surface area contributed by atoms with Gasteiger partial charge in [-0.1, -0.05) is 0 Å². The summed E-state index contributed by atoms with van der Waals surface area (Å²) in [7, 11) is -4.17. The SMILES string of the molecule is O=P(O)(O)c1cc(Br)c(Br)c(Br)c1. The average molecular weight is 395 g/mol. The molecular weight excluding hydrogens is 391 g/mol. The van der Waals surface area contributed by atoms with E-state index in [-0.39, 0.29) is 5.30 Å². The second-order valence-corrected chi connectivity index (χ2v) is 6.37. The molecule has 0 saturated heterocycles. The number of hydrogen-bond acceptors (Lipinski definition) is 1. The molecule has 0 bridgehead atoms. The van der Waals surface area contributed by atoms with Gasteiger partial charge in [0.05, 0.1) is 5.30 Å². The van der Waals surface area contributed by atoms with E-state index in [1.54, 1.807) is 0 Å². The van der Waals surface area contributed by atoms with Crippen molar-refractivity contribution in [1.29, 1.82) is 0 Å². The molecule has 0 fully saturated rings. The van der Waals surface area contributed by atoms with E-state index in [4.69, 9.17) is 9.79 Å². The van der Waals surface area contributed by atoms with Crippen LogP contribution >= 0.6 is 55.4 Å². The molecule has 3 nitrogen and oxygen atoms in total. The average Bonchev–Trinajstić information content (AvgIpc) is 1.97. The van der Waals surface area contributed by atoms with Crippen LogP contribution in [0.15, 0.2) is 25.6 Å². The van der Waals surface area contributed by atoms with Crippen LogP contribution in [0, 0.1) is 0 Å². The fourth-order valence-corrected chi connectivity index (χ4v) is 3.07. The molecular formula is C6H4Br3O3P. The van der Waals surface area contributed by atoms with Crippen molar-refractivity contribution >= 4 is 60.7 Å². The first-order valence-electron chi connectivity index (χ1n) is 3.03. The third-order valence-corrected chi connectivity index (χ3v) is 5.41. The number of halogens is 3. The van der Waals surface area contributed by atoms with Crippen molar-refractivity contribution in [2.45, 2.75) is 0 Å². The molecule has 13 heavy (non-hydrogen) atoms. The van der Waals surface area contributed by atoms with Crippen LogP contribution in [0.4, 0.5) is 0 Å². The Bertz CT molecular complexity index is 364. The first kappa shape index (κ1) is 11.9. The summed E-state index contributed by atoms with van der Waals surface area (Å²) < 4.78 is 12.8. The molecule has 0 unspecified atom stereocenters. The Morgan fingerprint density at radius 1 is 1.08 bits per heavy atom. The minimum absolute atomic E-state index is 0.0190. The maximum absolute atomic E-state index is 10.9. The Hall–Kier alpha value is 0.810. The monoisotopic (exact) mass is 392 g/mol. The van der Waals surface area contributed by atoms with Gasteiger partial charge >= 0.3 is 7.60 Å². The van der Waals surface area contributed by atoms with Gasteiger partial charge in [0.25, 0.3) is 0 Å². The van der Waals surface area contributed by atoms with Gasteiger partial charge in [0.1, 0.15) is 0 Å². The topological polar surface area (TPSA) is 57.5 Å². The lowest BCUT2D eigenvalue weighted by atomic mass is 10.4. The van der Waals surface area contributed by atoms with E-state index in [0.29, 0.717) is 8.95 Å². The van der Waals surface area contributed by atoms with Crippen molar-refractivity contribution in [3.05, 3.63) is 25.6 Å². The smallest absolute Gasteiger partial charge is 0.321 e. The molecule has 0 saturated carbocycles. The fourth-order valence-electron chi connectivity index (χ4n) is 0.710. The Morgan fingerprint density at radius 2 is 1.46 bits per heavy atom. The normalized spacial score (nSPS) is 11.8. The van der Waals surface area contributed by atoms with Gasteiger partial charge in [0.2, 0.25) is 0 Å². The highest BCUT2D eigenvalue weighted by Crippen LogP contribution is 2.38. The van der Waals surface area contributed by atoms with Crippen molar-refractivity contribution < 1.29 is 14.4 Å². The first-order chi connectivity index (χ1) is 5.82. The highest BCUT2D eigenvalue weighted by atomic mass is 79.9. The van der Waals surface area contributed by atoms with Crippen LogP contribution in [0.3, 0.4) is 0 Å².